The van der Waals surface area contributed by atoms with Crippen molar-refractivity contribution < 1.29 is 31.5 Å². The molecule has 0 radical (unpaired) electrons. The minimum Gasteiger partial charge on any atom is -0.475 e. The molecule has 0 aromatic heterocycles. The molecule has 1 aliphatic rings. The van der Waals surface area contributed by atoms with Gasteiger partial charge in [0.2, 0.25) is 0 Å². The summed E-state index contributed by atoms with van der Waals surface area (Å²) >= 11 is 0. The molecule has 0 atom stereocenters. The summed E-state index contributed by atoms with van der Waals surface area (Å²) in [5.41, 5.74) is 5.88. The predicted molar refractivity (Wildman–Crippen MR) is 126 cm³/mol. The third kappa shape index (κ3) is 7.46. The second kappa shape index (κ2) is 11.2. The number of nitrogens with one attached hydrogen (secondary N) is 1. The van der Waals surface area contributed by atoms with Crippen molar-refractivity contribution in [2.24, 2.45) is 0 Å². The highest BCUT2D eigenvalue weighted by atomic mass is 32.2. The van der Waals surface area contributed by atoms with Crippen LogP contribution in [0.25, 0.3) is 0 Å². The summed E-state index contributed by atoms with van der Waals surface area (Å²) in [4.78, 5) is 11.8. The van der Waals surface area contributed by atoms with Gasteiger partial charge in [-0.2, -0.15) is 13.2 Å². The topological polar surface area (TPSA) is 86.7 Å². The van der Waals surface area contributed by atoms with E-state index in [-0.39, 0.29) is 0 Å². The maximum absolute atomic E-state index is 13.0. The monoisotopic (exact) mass is 500 g/mol. The van der Waals surface area contributed by atoms with E-state index in [2.05, 4.69) is 22.6 Å². The van der Waals surface area contributed by atoms with Crippen molar-refractivity contribution in [1.82, 2.24) is 4.90 Å². The quantitative estimate of drug-likeness (QED) is 0.613. The Morgan fingerprint density at radius 2 is 1.56 bits per heavy atom. The molecule has 1 aliphatic heterocycles. The molecule has 188 valence electrons. The number of aryl methyl sites for hydroxylation is 3. The maximum Gasteiger partial charge on any atom is 0.490 e. The molecule has 3 rings (SSSR count). The van der Waals surface area contributed by atoms with Gasteiger partial charge in [-0.15, -0.1) is 0 Å². The number of anilines is 1. The first-order valence-electron chi connectivity index (χ1n) is 11.0. The van der Waals surface area contributed by atoms with Gasteiger partial charge in [-0.05, 0) is 81.0 Å². The van der Waals surface area contributed by atoms with Gasteiger partial charge in [-0.1, -0.05) is 30.7 Å². The van der Waals surface area contributed by atoms with Gasteiger partial charge in [0.05, 0.1) is 4.90 Å². The average Bonchev–Trinajstić information content (AvgIpc) is 2.89. The van der Waals surface area contributed by atoms with E-state index in [9.17, 15) is 21.6 Å². The molecule has 1 heterocycles. The zero-order valence-corrected chi connectivity index (χ0v) is 20.6. The standard InChI is InChI=1S/C22H30N2O2S.C2HF3O2/c1-5-10-24-11-8-19-6-7-21(15-20(19)9-12-24)23-27(25,26)22-17(3)13-16(2)14-18(22)4;3-2(4,5)1(6)7/h6-7,13-15,23H,5,8-12H2,1-4H3;(H,6,7). The molecule has 0 aliphatic carbocycles. The van der Waals surface area contributed by atoms with Gasteiger partial charge in [0.15, 0.2) is 0 Å². The number of carboxylic acids is 1. The van der Waals surface area contributed by atoms with Gasteiger partial charge in [-0.3, -0.25) is 4.72 Å². The highest BCUT2D eigenvalue weighted by Gasteiger charge is 2.38. The number of rotatable bonds is 5. The van der Waals surface area contributed by atoms with Crippen LogP contribution < -0.4 is 4.72 Å². The number of halogens is 3. The Labute approximate surface area is 198 Å². The second-order valence-corrected chi connectivity index (χ2v) is 10.1. The molecule has 0 saturated carbocycles. The Balaban J connectivity index is 0.000000509. The zero-order valence-electron chi connectivity index (χ0n) is 19.8. The number of sulfonamides is 1. The van der Waals surface area contributed by atoms with Crippen LogP contribution in [0.2, 0.25) is 0 Å². The number of carbonyl (C=O) groups is 1. The molecule has 10 heteroatoms. The minimum absolute atomic E-state index is 0.386. The number of alkyl halides is 3. The molecular formula is C24H31F3N2O4S. The van der Waals surface area contributed by atoms with E-state index in [1.165, 1.54) is 11.1 Å². The van der Waals surface area contributed by atoms with Gasteiger partial charge in [0.1, 0.15) is 0 Å². The first kappa shape index (κ1) is 27.7. The second-order valence-electron chi connectivity index (χ2n) is 8.46. The zero-order chi connectivity index (χ0) is 25.7. The van der Waals surface area contributed by atoms with Crippen LogP contribution in [0.3, 0.4) is 0 Å². The van der Waals surface area contributed by atoms with Crippen molar-refractivity contribution >= 4 is 21.7 Å². The molecule has 0 fully saturated rings. The number of hydrogen-bond donors (Lipinski definition) is 2. The molecule has 2 aromatic rings. The van der Waals surface area contributed by atoms with Crippen LogP contribution in [-0.4, -0.2) is 50.2 Å². The summed E-state index contributed by atoms with van der Waals surface area (Å²) in [5, 5.41) is 7.12. The largest absolute Gasteiger partial charge is 0.490 e. The number of fused-ring (bicyclic) bond motifs is 1. The van der Waals surface area contributed by atoms with Gasteiger partial charge >= 0.3 is 12.1 Å². The summed E-state index contributed by atoms with van der Waals surface area (Å²) in [7, 11) is -3.61. The highest BCUT2D eigenvalue weighted by Crippen LogP contribution is 2.26. The molecule has 2 N–H and O–H groups in total. The number of hydrogen-bond acceptors (Lipinski definition) is 4. The van der Waals surface area contributed by atoms with Crippen LogP contribution >= 0.6 is 0 Å². The number of benzene rings is 2. The molecule has 0 saturated heterocycles. The van der Waals surface area contributed by atoms with Gasteiger partial charge in [0.25, 0.3) is 10.0 Å². The maximum atomic E-state index is 13.0. The summed E-state index contributed by atoms with van der Waals surface area (Å²) in [6, 6.07) is 9.82. The lowest BCUT2D eigenvalue weighted by Crippen LogP contribution is -2.27. The van der Waals surface area contributed by atoms with Crippen LogP contribution in [-0.2, 0) is 27.7 Å². The fraction of sp³-hybridized carbons (Fsp3) is 0.458. The third-order valence-electron chi connectivity index (χ3n) is 5.51. The fourth-order valence-electron chi connectivity index (χ4n) is 4.17. The summed E-state index contributed by atoms with van der Waals surface area (Å²) in [5.74, 6) is -2.76. The molecule has 0 unspecified atom stereocenters. The average molecular weight is 501 g/mol. The van der Waals surface area contributed by atoms with E-state index in [0.717, 1.165) is 55.6 Å². The molecule has 0 spiro atoms. The predicted octanol–water partition coefficient (Wildman–Crippen LogP) is 4.86. The van der Waals surface area contributed by atoms with Gasteiger partial charge < -0.3 is 10.0 Å². The van der Waals surface area contributed by atoms with E-state index in [1.807, 2.05) is 45.0 Å². The number of carboxylic acid groups (broad SMARTS) is 1. The number of nitrogens with zero attached hydrogens (tertiary/aromatic N) is 1. The lowest BCUT2D eigenvalue weighted by molar-refractivity contribution is -0.192. The van der Waals surface area contributed by atoms with E-state index < -0.39 is 22.2 Å². The van der Waals surface area contributed by atoms with E-state index in [1.54, 1.807) is 0 Å². The molecule has 6 nitrogen and oxygen atoms in total. The van der Waals surface area contributed by atoms with Crippen molar-refractivity contribution in [3.63, 3.8) is 0 Å². The Morgan fingerprint density at radius 1 is 1.03 bits per heavy atom. The molecule has 0 bridgehead atoms. The van der Waals surface area contributed by atoms with Crippen LogP contribution in [0.5, 0.6) is 0 Å². The van der Waals surface area contributed by atoms with Gasteiger partial charge in [-0.25, -0.2) is 13.2 Å². The Kier molecular flexibility index (Phi) is 9.13. The van der Waals surface area contributed by atoms with E-state index in [4.69, 9.17) is 9.90 Å². The Hall–Kier alpha value is -2.59. The minimum atomic E-state index is -5.08. The lowest BCUT2D eigenvalue weighted by Gasteiger charge is -2.18. The van der Waals surface area contributed by atoms with Crippen LogP contribution in [0.15, 0.2) is 35.2 Å². The first-order chi connectivity index (χ1) is 15.7. The SMILES string of the molecule is CCCN1CCc2ccc(NS(=O)(=O)c3c(C)cc(C)cc3C)cc2CC1.O=C(O)C(F)(F)F. The Bertz CT molecular complexity index is 1110. The van der Waals surface area contributed by atoms with Crippen molar-refractivity contribution in [2.45, 2.75) is 58.0 Å². The smallest absolute Gasteiger partial charge is 0.475 e. The highest BCUT2D eigenvalue weighted by molar-refractivity contribution is 7.92. The summed E-state index contributed by atoms with van der Waals surface area (Å²) in [6.45, 7) is 11.1. The first-order valence-corrected chi connectivity index (χ1v) is 12.5. The lowest BCUT2D eigenvalue weighted by atomic mass is 10.0. The van der Waals surface area contributed by atoms with Crippen molar-refractivity contribution in [3.05, 3.63) is 58.1 Å². The summed E-state index contributed by atoms with van der Waals surface area (Å²) < 4.78 is 60.6. The van der Waals surface area contributed by atoms with Crippen molar-refractivity contribution in [3.8, 4) is 0 Å². The van der Waals surface area contributed by atoms with E-state index >= 15 is 0 Å². The fourth-order valence-corrected chi connectivity index (χ4v) is 5.68. The number of aliphatic carboxylic acids is 1. The normalized spacial score (nSPS) is 14.4. The van der Waals surface area contributed by atoms with Crippen molar-refractivity contribution in [1.29, 1.82) is 0 Å². The molecular weight excluding hydrogens is 469 g/mol. The third-order valence-corrected chi connectivity index (χ3v) is 7.19. The molecule has 2 aromatic carbocycles. The van der Waals surface area contributed by atoms with Gasteiger partial charge in [0, 0.05) is 18.8 Å². The summed E-state index contributed by atoms with van der Waals surface area (Å²) in [6.07, 6.45) is -1.93. The Morgan fingerprint density at radius 3 is 2.06 bits per heavy atom. The van der Waals surface area contributed by atoms with E-state index in [0.29, 0.717) is 10.6 Å². The molecule has 34 heavy (non-hydrogen) atoms. The molecule has 0 amide bonds. The van der Waals surface area contributed by atoms with Crippen molar-refractivity contribution in [2.75, 3.05) is 24.4 Å². The van der Waals surface area contributed by atoms with Crippen LogP contribution in [0.1, 0.15) is 41.2 Å². The van der Waals surface area contributed by atoms with Crippen LogP contribution in [0, 0.1) is 20.8 Å². The van der Waals surface area contributed by atoms with Crippen LogP contribution in [0.4, 0.5) is 18.9 Å².